The van der Waals surface area contributed by atoms with Crippen LogP contribution in [-0.4, -0.2) is 47.4 Å². The van der Waals surface area contributed by atoms with Crippen LogP contribution >= 0.6 is 0 Å². The lowest BCUT2D eigenvalue weighted by Gasteiger charge is -2.30. The predicted molar refractivity (Wildman–Crippen MR) is 114 cm³/mol. The Kier molecular flexibility index (Phi) is 8.05. The Bertz CT molecular complexity index is 964. The number of sulfonamides is 1. The van der Waals surface area contributed by atoms with Crippen LogP contribution in [0.25, 0.3) is 0 Å². The summed E-state index contributed by atoms with van der Waals surface area (Å²) in [5.74, 6) is 0.291. The number of nitrogens with zero attached hydrogens (tertiary/aromatic N) is 1. The predicted octanol–water partition coefficient (Wildman–Crippen LogP) is 2.75. The molecule has 9 heteroatoms. The van der Waals surface area contributed by atoms with Crippen LogP contribution in [0.5, 0.6) is 11.5 Å². The summed E-state index contributed by atoms with van der Waals surface area (Å²) in [6, 6.07) is 9.53. The molecule has 1 N–H and O–H groups in total. The fourth-order valence-electron chi connectivity index (χ4n) is 3.13. The van der Waals surface area contributed by atoms with Crippen molar-refractivity contribution < 1.29 is 27.1 Å². The summed E-state index contributed by atoms with van der Waals surface area (Å²) < 4.78 is 49.5. The first-order valence-corrected chi connectivity index (χ1v) is 11.3. The molecule has 0 saturated carbocycles. The van der Waals surface area contributed by atoms with Gasteiger partial charge in [0.15, 0.2) is 11.5 Å². The molecular formula is C21H27FN2O5S. The molecule has 1 atom stereocenters. The van der Waals surface area contributed by atoms with E-state index in [2.05, 4.69) is 5.32 Å². The lowest BCUT2D eigenvalue weighted by molar-refractivity contribution is -0.122. The van der Waals surface area contributed by atoms with Gasteiger partial charge in [0, 0.05) is 6.54 Å². The molecule has 0 heterocycles. The molecule has 2 aromatic carbocycles. The molecule has 0 spiro atoms. The standard InChI is InChI=1S/C21H27FN2O5S/c1-5-18(24(30(4,26)27)17-9-7-16(22)8-10-17)21(25)23-13-12-15-6-11-19(28-2)20(14-15)29-3/h6-11,14,18H,5,12-13H2,1-4H3,(H,23,25)/t18-/m0/s1. The highest BCUT2D eigenvalue weighted by atomic mass is 32.2. The SMILES string of the molecule is CC[C@@H](C(=O)NCCc1ccc(OC)c(OC)c1)N(c1ccc(F)cc1)S(C)(=O)=O. The Morgan fingerprint density at radius 2 is 1.73 bits per heavy atom. The molecule has 0 fully saturated rings. The average molecular weight is 439 g/mol. The number of rotatable bonds is 10. The molecule has 0 aromatic heterocycles. The lowest BCUT2D eigenvalue weighted by Crippen LogP contribution is -2.49. The summed E-state index contributed by atoms with van der Waals surface area (Å²) in [5.41, 5.74) is 1.17. The Morgan fingerprint density at radius 1 is 1.10 bits per heavy atom. The molecular weight excluding hydrogens is 411 g/mol. The average Bonchev–Trinajstić information content (AvgIpc) is 2.71. The van der Waals surface area contributed by atoms with Gasteiger partial charge in [0.1, 0.15) is 11.9 Å². The van der Waals surface area contributed by atoms with Crippen molar-refractivity contribution in [2.45, 2.75) is 25.8 Å². The third kappa shape index (κ3) is 5.85. The summed E-state index contributed by atoms with van der Waals surface area (Å²) in [6.45, 7) is 2.03. The molecule has 0 unspecified atom stereocenters. The van der Waals surface area contributed by atoms with E-state index in [1.165, 1.54) is 12.1 Å². The number of ether oxygens (including phenoxy) is 2. The van der Waals surface area contributed by atoms with Crippen molar-refractivity contribution in [3.63, 3.8) is 0 Å². The molecule has 1 amide bonds. The van der Waals surface area contributed by atoms with Crippen molar-refractivity contribution in [1.82, 2.24) is 5.32 Å². The number of carbonyl (C=O) groups excluding carboxylic acids is 1. The number of benzene rings is 2. The van der Waals surface area contributed by atoms with Crippen molar-refractivity contribution in [1.29, 1.82) is 0 Å². The number of hydrogen-bond acceptors (Lipinski definition) is 5. The molecule has 0 saturated heterocycles. The summed E-state index contributed by atoms with van der Waals surface area (Å²) in [6.07, 6.45) is 1.81. The van der Waals surface area contributed by atoms with E-state index in [9.17, 15) is 17.6 Å². The van der Waals surface area contributed by atoms with Gasteiger partial charge in [-0.25, -0.2) is 12.8 Å². The van der Waals surface area contributed by atoms with E-state index in [1.54, 1.807) is 27.2 Å². The summed E-state index contributed by atoms with van der Waals surface area (Å²) in [5, 5.41) is 2.79. The van der Waals surface area contributed by atoms with Crippen molar-refractivity contribution in [3.8, 4) is 11.5 Å². The fourth-order valence-corrected chi connectivity index (χ4v) is 4.34. The van der Waals surface area contributed by atoms with Crippen LogP contribution in [0.1, 0.15) is 18.9 Å². The Balaban J connectivity index is 2.11. The zero-order chi connectivity index (χ0) is 22.3. The van der Waals surface area contributed by atoms with E-state index in [-0.39, 0.29) is 12.1 Å². The van der Waals surface area contributed by atoms with Crippen LogP contribution in [-0.2, 0) is 21.2 Å². The van der Waals surface area contributed by atoms with Crippen molar-refractivity contribution in [3.05, 3.63) is 53.8 Å². The van der Waals surface area contributed by atoms with Gasteiger partial charge < -0.3 is 14.8 Å². The highest BCUT2D eigenvalue weighted by Crippen LogP contribution is 2.27. The Morgan fingerprint density at radius 3 is 2.27 bits per heavy atom. The largest absolute Gasteiger partial charge is 0.493 e. The maximum atomic E-state index is 13.3. The van der Waals surface area contributed by atoms with Crippen LogP contribution < -0.4 is 19.1 Å². The zero-order valence-corrected chi connectivity index (χ0v) is 18.3. The molecule has 7 nitrogen and oxygen atoms in total. The van der Waals surface area contributed by atoms with Crippen LogP contribution in [0.3, 0.4) is 0 Å². The highest BCUT2D eigenvalue weighted by Gasteiger charge is 2.31. The van der Waals surface area contributed by atoms with E-state index in [1.807, 2.05) is 12.1 Å². The first kappa shape index (κ1) is 23.5. The molecule has 30 heavy (non-hydrogen) atoms. The maximum absolute atomic E-state index is 13.3. The van der Waals surface area contributed by atoms with E-state index < -0.39 is 27.8 Å². The van der Waals surface area contributed by atoms with Gasteiger partial charge in [0.25, 0.3) is 0 Å². The number of carbonyl (C=O) groups is 1. The number of amides is 1. The van der Waals surface area contributed by atoms with Crippen molar-refractivity contribution >= 4 is 21.6 Å². The van der Waals surface area contributed by atoms with Gasteiger partial charge in [-0.15, -0.1) is 0 Å². The van der Waals surface area contributed by atoms with Gasteiger partial charge in [0.2, 0.25) is 15.9 Å². The summed E-state index contributed by atoms with van der Waals surface area (Å²) in [4.78, 5) is 12.8. The van der Waals surface area contributed by atoms with Crippen LogP contribution in [0, 0.1) is 5.82 Å². The van der Waals surface area contributed by atoms with Crippen molar-refractivity contribution in [2.24, 2.45) is 0 Å². The number of hydrogen-bond donors (Lipinski definition) is 1. The first-order valence-electron chi connectivity index (χ1n) is 9.44. The molecule has 0 aliphatic heterocycles. The fraction of sp³-hybridized carbons (Fsp3) is 0.381. The van der Waals surface area contributed by atoms with E-state index in [0.717, 1.165) is 28.3 Å². The number of halogens is 1. The van der Waals surface area contributed by atoms with Gasteiger partial charge in [-0.05, 0) is 54.8 Å². The second kappa shape index (κ2) is 10.3. The minimum Gasteiger partial charge on any atom is -0.493 e. The monoisotopic (exact) mass is 438 g/mol. The lowest BCUT2D eigenvalue weighted by atomic mass is 10.1. The van der Waals surface area contributed by atoms with Crippen LogP contribution in [0.2, 0.25) is 0 Å². The molecule has 0 radical (unpaired) electrons. The van der Waals surface area contributed by atoms with Gasteiger partial charge >= 0.3 is 0 Å². The van der Waals surface area contributed by atoms with Crippen LogP contribution in [0.15, 0.2) is 42.5 Å². The highest BCUT2D eigenvalue weighted by molar-refractivity contribution is 7.92. The number of methoxy groups -OCH3 is 2. The van der Waals surface area contributed by atoms with Gasteiger partial charge in [-0.2, -0.15) is 0 Å². The van der Waals surface area contributed by atoms with Gasteiger partial charge in [-0.1, -0.05) is 13.0 Å². The third-order valence-corrected chi connectivity index (χ3v) is 5.75. The van der Waals surface area contributed by atoms with Gasteiger partial charge in [-0.3, -0.25) is 9.10 Å². The number of nitrogens with one attached hydrogen (secondary N) is 1. The Hall–Kier alpha value is -2.81. The number of anilines is 1. The minimum absolute atomic E-state index is 0.237. The molecule has 0 aliphatic carbocycles. The third-order valence-electron chi connectivity index (χ3n) is 4.57. The molecule has 2 aromatic rings. The first-order chi connectivity index (χ1) is 14.2. The molecule has 0 bridgehead atoms. The van der Waals surface area contributed by atoms with Crippen LogP contribution in [0.4, 0.5) is 10.1 Å². The normalized spacial score (nSPS) is 12.2. The second-order valence-corrected chi connectivity index (χ2v) is 8.55. The topological polar surface area (TPSA) is 84.9 Å². The maximum Gasteiger partial charge on any atom is 0.243 e. The molecule has 164 valence electrons. The second-order valence-electron chi connectivity index (χ2n) is 6.69. The minimum atomic E-state index is -3.76. The van der Waals surface area contributed by atoms with E-state index in [0.29, 0.717) is 24.5 Å². The summed E-state index contributed by atoms with van der Waals surface area (Å²) >= 11 is 0. The van der Waals surface area contributed by atoms with E-state index >= 15 is 0 Å². The quantitative estimate of drug-likeness (QED) is 0.617. The smallest absolute Gasteiger partial charge is 0.243 e. The van der Waals surface area contributed by atoms with Gasteiger partial charge in [0.05, 0.1) is 26.2 Å². The van der Waals surface area contributed by atoms with E-state index in [4.69, 9.17) is 9.47 Å². The Labute approximate surface area is 176 Å². The zero-order valence-electron chi connectivity index (χ0n) is 17.5. The molecule has 2 rings (SSSR count). The molecule has 0 aliphatic rings. The van der Waals surface area contributed by atoms with Crippen molar-refractivity contribution in [2.75, 3.05) is 31.3 Å². The summed E-state index contributed by atoms with van der Waals surface area (Å²) in [7, 11) is -0.662.